The molecule has 4 heteroatoms. The van der Waals surface area contributed by atoms with Crippen molar-refractivity contribution in [3.63, 3.8) is 0 Å². The van der Waals surface area contributed by atoms with Crippen molar-refractivity contribution in [1.29, 1.82) is 0 Å². The highest BCUT2D eigenvalue weighted by Crippen LogP contribution is 2.34. The molecule has 0 bridgehead atoms. The van der Waals surface area contributed by atoms with Gasteiger partial charge in [-0.15, -0.1) is 0 Å². The van der Waals surface area contributed by atoms with Crippen LogP contribution in [0.25, 0.3) is 16.8 Å². The Morgan fingerprint density at radius 2 is 1.88 bits per heavy atom. The van der Waals surface area contributed by atoms with Crippen molar-refractivity contribution < 1.29 is 9.72 Å². The lowest BCUT2D eigenvalue weighted by Crippen LogP contribution is -2.02. The molecule has 0 unspecified atom stereocenters. The average Bonchev–Trinajstić information content (AvgIpc) is 2.33. The van der Waals surface area contributed by atoms with Crippen molar-refractivity contribution in [2.45, 2.75) is 0 Å². The second-order valence-electron chi connectivity index (χ2n) is 3.86. The minimum atomic E-state index is -0.425. The fraction of sp³-hybridized carbons (Fsp3) is 0. The van der Waals surface area contributed by atoms with E-state index in [0.29, 0.717) is 16.3 Å². The number of rotatable bonds is 1. The van der Waals surface area contributed by atoms with Gasteiger partial charge in [0.1, 0.15) is 0 Å². The predicted molar refractivity (Wildman–Crippen MR) is 64.0 cm³/mol. The molecule has 4 nitrogen and oxygen atoms in total. The molecule has 3 rings (SSSR count). The molecule has 0 aliphatic heterocycles. The molecule has 0 heterocycles. The maximum Gasteiger partial charge on any atom is 0.277 e. The molecule has 0 aromatic heterocycles. The zero-order chi connectivity index (χ0) is 12.0. The Labute approximate surface area is 96.3 Å². The van der Waals surface area contributed by atoms with E-state index in [1.165, 1.54) is 12.1 Å². The minimum Gasteiger partial charge on any atom is -0.289 e. The number of benzene rings is 2. The van der Waals surface area contributed by atoms with Gasteiger partial charge in [0.25, 0.3) is 5.69 Å². The summed E-state index contributed by atoms with van der Waals surface area (Å²) >= 11 is 0. The third-order valence-electron chi connectivity index (χ3n) is 2.93. The SMILES string of the molecule is O=C1C=Cc2ccc([N+](=O)[O-])c3cccc1c23. The van der Waals surface area contributed by atoms with E-state index in [9.17, 15) is 14.9 Å². The Morgan fingerprint density at radius 1 is 1.06 bits per heavy atom. The fourth-order valence-electron chi connectivity index (χ4n) is 2.18. The van der Waals surface area contributed by atoms with Crippen LogP contribution in [0.5, 0.6) is 0 Å². The molecule has 2 aromatic carbocycles. The van der Waals surface area contributed by atoms with Gasteiger partial charge in [-0.25, -0.2) is 0 Å². The molecular formula is C13H7NO3. The normalized spacial score (nSPS) is 13.1. The second kappa shape index (κ2) is 3.25. The third kappa shape index (κ3) is 1.27. The van der Waals surface area contributed by atoms with Gasteiger partial charge in [-0.05, 0) is 23.8 Å². The molecule has 0 fully saturated rings. The number of nitrogens with zero attached hydrogens (tertiary/aromatic N) is 1. The standard InChI is InChI=1S/C13H7NO3/c15-12-7-5-8-4-6-11(14(16)17)9-2-1-3-10(12)13(8)9/h1-7H. The first-order valence-electron chi connectivity index (χ1n) is 5.11. The number of allylic oxidation sites excluding steroid dienone is 1. The second-order valence-corrected chi connectivity index (χ2v) is 3.86. The van der Waals surface area contributed by atoms with Crippen molar-refractivity contribution >= 4 is 28.3 Å². The van der Waals surface area contributed by atoms with Gasteiger partial charge in [0, 0.05) is 17.0 Å². The van der Waals surface area contributed by atoms with Crippen molar-refractivity contribution in [3.05, 3.63) is 57.6 Å². The van der Waals surface area contributed by atoms with E-state index >= 15 is 0 Å². The zero-order valence-corrected chi connectivity index (χ0v) is 8.71. The summed E-state index contributed by atoms with van der Waals surface area (Å²) in [5.74, 6) is -0.108. The molecule has 0 saturated heterocycles. The highest BCUT2D eigenvalue weighted by atomic mass is 16.6. The topological polar surface area (TPSA) is 60.2 Å². The van der Waals surface area contributed by atoms with Crippen LogP contribution in [0.2, 0.25) is 0 Å². The number of hydrogen-bond acceptors (Lipinski definition) is 3. The van der Waals surface area contributed by atoms with Crippen molar-refractivity contribution in [2.75, 3.05) is 0 Å². The molecule has 17 heavy (non-hydrogen) atoms. The van der Waals surface area contributed by atoms with Crippen LogP contribution in [-0.2, 0) is 0 Å². The van der Waals surface area contributed by atoms with E-state index in [1.807, 2.05) is 0 Å². The number of nitro groups is 1. The van der Waals surface area contributed by atoms with Crippen LogP contribution < -0.4 is 0 Å². The van der Waals surface area contributed by atoms with Gasteiger partial charge in [0.2, 0.25) is 0 Å². The Balaban J connectivity index is 2.52. The summed E-state index contributed by atoms with van der Waals surface area (Å²) in [5.41, 5.74) is 1.42. The number of nitro benzene ring substituents is 1. The summed E-state index contributed by atoms with van der Waals surface area (Å²) in [6.07, 6.45) is 3.18. The summed E-state index contributed by atoms with van der Waals surface area (Å²) in [6.45, 7) is 0. The van der Waals surface area contributed by atoms with E-state index in [1.54, 1.807) is 30.3 Å². The van der Waals surface area contributed by atoms with E-state index in [4.69, 9.17) is 0 Å². The Morgan fingerprint density at radius 3 is 2.65 bits per heavy atom. The van der Waals surface area contributed by atoms with E-state index < -0.39 is 4.92 Å². The summed E-state index contributed by atoms with van der Waals surface area (Å²) in [7, 11) is 0. The summed E-state index contributed by atoms with van der Waals surface area (Å²) in [6, 6.07) is 8.19. The maximum atomic E-state index is 11.7. The predicted octanol–water partition coefficient (Wildman–Crippen LogP) is 2.96. The molecular weight excluding hydrogens is 218 g/mol. The van der Waals surface area contributed by atoms with Crippen molar-refractivity contribution in [1.82, 2.24) is 0 Å². The largest absolute Gasteiger partial charge is 0.289 e. The summed E-state index contributed by atoms with van der Waals surface area (Å²) in [5, 5.41) is 12.1. The molecule has 82 valence electrons. The number of carbonyl (C=O) groups is 1. The van der Waals surface area contributed by atoms with E-state index in [2.05, 4.69) is 0 Å². The van der Waals surface area contributed by atoms with Gasteiger partial charge < -0.3 is 0 Å². The summed E-state index contributed by atoms with van der Waals surface area (Å²) < 4.78 is 0. The lowest BCUT2D eigenvalue weighted by Gasteiger charge is -2.11. The molecule has 1 aliphatic rings. The molecule has 2 aromatic rings. The van der Waals surface area contributed by atoms with Crippen molar-refractivity contribution in [2.24, 2.45) is 0 Å². The highest BCUT2D eigenvalue weighted by Gasteiger charge is 2.20. The van der Waals surface area contributed by atoms with Crippen LogP contribution in [0.1, 0.15) is 15.9 Å². The molecule has 0 amide bonds. The van der Waals surface area contributed by atoms with Gasteiger partial charge in [0.15, 0.2) is 5.78 Å². The quantitative estimate of drug-likeness (QED) is 0.553. The fourth-order valence-corrected chi connectivity index (χ4v) is 2.18. The van der Waals surface area contributed by atoms with E-state index in [-0.39, 0.29) is 11.5 Å². The van der Waals surface area contributed by atoms with E-state index in [0.717, 1.165) is 5.56 Å². The lowest BCUT2D eigenvalue weighted by atomic mass is 9.92. The first-order chi connectivity index (χ1) is 8.18. The van der Waals surface area contributed by atoms with Crippen molar-refractivity contribution in [3.8, 4) is 0 Å². The molecule has 0 saturated carbocycles. The minimum absolute atomic E-state index is 0.0358. The smallest absolute Gasteiger partial charge is 0.277 e. The third-order valence-corrected chi connectivity index (χ3v) is 2.93. The summed E-state index contributed by atoms with van der Waals surface area (Å²) in [4.78, 5) is 22.2. The molecule has 0 N–H and O–H groups in total. The first-order valence-corrected chi connectivity index (χ1v) is 5.11. The molecule has 0 atom stereocenters. The van der Waals surface area contributed by atoms with Crippen LogP contribution in [0.4, 0.5) is 5.69 Å². The number of non-ortho nitro benzene ring substituents is 1. The van der Waals surface area contributed by atoms with Gasteiger partial charge >= 0.3 is 0 Å². The molecule has 1 aliphatic carbocycles. The maximum absolute atomic E-state index is 11.7. The van der Waals surface area contributed by atoms with Gasteiger partial charge in [-0.1, -0.05) is 18.2 Å². The van der Waals surface area contributed by atoms with Crippen LogP contribution in [0, 0.1) is 10.1 Å². The van der Waals surface area contributed by atoms with Crippen LogP contribution in [-0.4, -0.2) is 10.7 Å². The van der Waals surface area contributed by atoms with Crippen LogP contribution >= 0.6 is 0 Å². The number of ketones is 1. The Kier molecular flexibility index (Phi) is 1.86. The molecule has 0 radical (unpaired) electrons. The average molecular weight is 225 g/mol. The number of carbonyl (C=O) groups excluding carboxylic acids is 1. The first kappa shape index (κ1) is 9.72. The van der Waals surface area contributed by atoms with Crippen LogP contribution in [0.15, 0.2) is 36.4 Å². The highest BCUT2D eigenvalue weighted by molar-refractivity contribution is 6.20. The monoisotopic (exact) mass is 225 g/mol. The van der Waals surface area contributed by atoms with Crippen LogP contribution in [0.3, 0.4) is 0 Å². The Hall–Kier alpha value is -2.49. The van der Waals surface area contributed by atoms with Gasteiger partial charge in [0.05, 0.1) is 10.3 Å². The van der Waals surface area contributed by atoms with Gasteiger partial charge in [-0.2, -0.15) is 0 Å². The Bertz CT molecular complexity index is 701. The number of hydrogen-bond donors (Lipinski definition) is 0. The molecule has 0 spiro atoms. The lowest BCUT2D eigenvalue weighted by molar-refractivity contribution is -0.383. The zero-order valence-electron chi connectivity index (χ0n) is 8.71. The van der Waals surface area contributed by atoms with Gasteiger partial charge in [-0.3, -0.25) is 14.9 Å².